The molecule has 5 nitrogen and oxygen atoms in total. The lowest BCUT2D eigenvalue weighted by Crippen LogP contribution is -2.16. The third-order valence-electron chi connectivity index (χ3n) is 5.42. The Morgan fingerprint density at radius 1 is 1.06 bits per heavy atom. The van der Waals surface area contributed by atoms with Crippen molar-refractivity contribution >= 4 is 23.4 Å². The third-order valence-corrected chi connectivity index (χ3v) is 5.42. The van der Waals surface area contributed by atoms with Crippen LogP contribution in [0.25, 0.3) is 6.08 Å². The quantitative estimate of drug-likeness (QED) is 0.210. The number of ether oxygens (including phenoxy) is 2. The van der Waals surface area contributed by atoms with Gasteiger partial charge in [0.15, 0.2) is 0 Å². The molecule has 188 valence electrons. The highest BCUT2D eigenvalue weighted by atomic mass is 19.4. The maximum absolute atomic E-state index is 14.9. The second-order valence-corrected chi connectivity index (χ2v) is 7.49. The second-order valence-electron chi connectivity index (χ2n) is 7.49. The van der Waals surface area contributed by atoms with Crippen LogP contribution in [0, 0.1) is 17.0 Å². The minimum Gasteiger partial charge on any atom is -0.496 e. The van der Waals surface area contributed by atoms with E-state index in [1.54, 1.807) is 0 Å². The topological polar surface area (TPSA) is 71.4 Å². The van der Waals surface area contributed by atoms with E-state index in [-0.39, 0.29) is 40.2 Å². The molecule has 0 aliphatic carbocycles. The molecule has 0 fully saturated rings. The van der Waals surface area contributed by atoms with Gasteiger partial charge in [0.1, 0.15) is 22.9 Å². The van der Waals surface area contributed by atoms with Crippen LogP contribution in [0.4, 0.5) is 27.6 Å². The first-order chi connectivity index (χ1) is 17.0. The van der Waals surface area contributed by atoms with Crippen LogP contribution in [0.15, 0.2) is 55.1 Å². The van der Waals surface area contributed by atoms with Gasteiger partial charge in [-0.05, 0) is 41.5 Å². The Hall–Kier alpha value is -4.21. The monoisotopic (exact) mass is 504 g/mol. The molecule has 0 radical (unpaired) electrons. The summed E-state index contributed by atoms with van der Waals surface area (Å²) in [5, 5.41) is 11.2. The lowest BCUT2D eigenvalue weighted by atomic mass is 9.97. The molecule has 10 heteroatoms. The molecule has 0 aromatic heterocycles. The summed E-state index contributed by atoms with van der Waals surface area (Å²) in [6.45, 7) is 3.16. The van der Waals surface area contributed by atoms with Crippen LogP contribution in [0.5, 0.6) is 5.75 Å². The number of carbonyl (C=O) groups excluding carboxylic acids is 1. The van der Waals surface area contributed by atoms with E-state index in [1.807, 2.05) is 0 Å². The largest absolute Gasteiger partial charge is 0.496 e. The Balaban J connectivity index is 2.05. The number of carbonyl (C=O) groups is 1. The van der Waals surface area contributed by atoms with Crippen molar-refractivity contribution in [2.45, 2.75) is 12.7 Å². The summed E-state index contributed by atoms with van der Waals surface area (Å²) in [4.78, 5) is 11.9. The molecule has 0 aliphatic heterocycles. The normalized spacial score (nSPS) is 11.1. The molecule has 3 rings (SSSR count). The highest BCUT2D eigenvalue weighted by molar-refractivity contribution is 6.15. The van der Waals surface area contributed by atoms with Gasteiger partial charge in [-0.15, -0.1) is 0 Å². The maximum Gasteiger partial charge on any atom is 0.416 e. The van der Waals surface area contributed by atoms with E-state index in [1.165, 1.54) is 37.5 Å². The molecule has 0 heterocycles. The fraction of sp³-hybridized carbons (Fsp3) is 0.154. The number of nitrogens with one attached hydrogen (secondary N) is 2. The first-order valence-corrected chi connectivity index (χ1v) is 10.4. The van der Waals surface area contributed by atoms with Crippen LogP contribution in [-0.4, -0.2) is 25.9 Å². The minimum absolute atomic E-state index is 0.0394. The van der Waals surface area contributed by atoms with Gasteiger partial charge in [-0.3, -0.25) is 5.41 Å². The van der Waals surface area contributed by atoms with Crippen LogP contribution >= 0.6 is 0 Å². The van der Waals surface area contributed by atoms with Crippen LogP contribution in [0.1, 0.15) is 38.2 Å². The SMILES string of the molecule is C=Cc1cccc(C(F)(F)F)c1CNc1cccc(F)c1C(=N)c1cc(OC)c(C(=O)OC)cc1F. The second kappa shape index (κ2) is 10.6. The molecule has 0 unspecified atom stereocenters. The maximum atomic E-state index is 14.9. The average molecular weight is 504 g/mol. The van der Waals surface area contributed by atoms with Crippen LogP contribution < -0.4 is 10.1 Å². The molecule has 36 heavy (non-hydrogen) atoms. The van der Waals surface area contributed by atoms with Crippen molar-refractivity contribution in [3.8, 4) is 5.75 Å². The first kappa shape index (κ1) is 26.4. The summed E-state index contributed by atoms with van der Waals surface area (Å²) in [7, 11) is 2.32. The minimum atomic E-state index is -4.64. The Morgan fingerprint density at radius 3 is 2.36 bits per heavy atom. The Labute approximate surface area is 203 Å². The Kier molecular flexibility index (Phi) is 7.77. The molecule has 0 saturated heterocycles. The fourth-order valence-electron chi connectivity index (χ4n) is 3.69. The van der Waals surface area contributed by atoms with Gasteiger partial charge in [0.25, 0.3) is 0 Å². The first-order valence-electron chi connectivity index (χ1n) is 10.4. The van der Waals surface area contributed by atoms with Crippen molar-refractivity contribution < 1.29 is 36.2 Å². The van der Waals surface area contributed by atoms with E-state index in [0.717, 1.165) is 31.4 Å². The summed E-state index contributed by atoms with van der Waals surface area (Å²) >= 11 is 0. The molecule has 2 N–H and O–H groups in total. The Morgan fingerprint density at radius 2 is 1.75 bits per heavy atom. The van der Waals surface area contributed by atoms with E-state index in [9.17, 15) is 26.7 Å². The van der Waals surface area contributed by atoms with Gasteiger partial charge in [0.05, 0.1) is 31.1 Å². The zero-order chi connectivity index (χ0) is 26.6. The van der Waals surface area contributed by atoms with Crippen molar-refractivity contribution in [3.63, 3.8) is 0 Å². The molecule has 0 aliphatic rings. The number of hydrogen-bond acceptors (Lipinski definition) is 5. The average Bonchev–Trinajstić information content (AvgIpc) is 2.85. The lowest BCUT2D eigenvalue weighted by Gasteiger charge is -2.19. The van der Waals surface area contributed by atoms with Gasteiger partial charge in [-0.25, -0.2) is 13.6 Å². The van der Waals surface area contributed by atoms with Crippen molar-refractivity contribution in [2.75, 3.05) is 19.5 Å². The van der Waals surface area contributed by atoms with E-state index in [0.29, 0.717) is 0 Å². The number of halogens is 5. The van der Waals surface area contributed by atoms with Gasteiger partial charge < -0.3 is 14.8 Å². The van der Waals surface area contributed by atoms with Crippen LogP contribution in [-0.2, 0) is 17.5 Å². The van der Waals surface area contributed by atoms with Gasteiger partial charge in [-0.2, -0.15) is 13.2 Å². The molecular formula is C26H21F5N2O3. The molecule has 3 aromatic carbocycles. The smallest absolute Gasteiger partial charge is 0.416 e. The molecule has 3 aromatic rings. The molecule has 0 amide bonds. The van der Waals surface area contributed by atoms with Crippen molar-refractivity contribution in [2.24, 2.45) is 0 Å². The number of esters is 1. The molecule has 0 bridgehead atoms. The highest BCUT2D eigenvalue weighted by Crippen LogP contribution is 2.35. The predicted molar refractivity (Wildman–Crippen MR) is 125 cm³/mol. The van der Waals surface area contributed by atoms with E-state index in [2.05, 4.69) is 16.6 Å². The molecule has 0 saturated carbocycles. The number of benzene rings is 3. The summed E-state index contributed by atoms with van der Waals surface area (Å²) in [6.07, 6.45) is -3.38. The number of rotatable bonds is 8. The van der Waals surface area contributed by atoms with E-state index >= 15 is 0 Å². The third kappa shape index (κ3) is 5.22. The van der Waals surface area contributed by atoms with Crippen LogP contribution in [0.2, 0.25) is 0 Å². The zero-order valence-electron chi connectivity index (χ0n) is 19.2. The summed E-state index contributed by atoms with van der Waals surface area (Å²) in [5.41, 5.74) is -2.46. The van der Waals surface area contributed by atoms with Gasteiger partial charge in [-0.1, -0.05) is 30.9 Å². The van der Waals surface area contributed by atoms with Crippen molar-refractivity contribution in [1.29, 1.82) is 5.41 Å². The zero-order valence-corrected chi connectivity index (χ0v) is 19.2. The summed E-state index contributed by atoms with van der Waals surface area (Å²) in [5.74, 6) is -2.91. The number of alkyl halides is 3. The van der Waals surface area contributed by atoms with Gasteiger partial charge >= 0.3 is 12.1 Å². The Bertz CT molecular complexity index is 1340. The van der Waals surface area contributed by atoms with Crippen molar-refractivity contribution in [1.82, 2.24) is 0 Å². The van der Waals surface area contributed by atoms with Crippen LogP contribution in [0.3, 0.4) is 0 Å². The number of methoxy groups -OCH3 is 2. The predicted octanol–water partition coefficient (Wildman–Crippen LogP) is 6.45. The lowest BCUT2D eigenvalue weighted by molar-refractivity contribution is -0.138. The van der Waals surface area contributed by atoms with Crippen molar-refractivity contribution in [3.05, 3.63) is 100 Å². The fourth-order valence-corrected chi connectivity index (χ4v) is 3.69. The molecular weight excluding hydrogens is 483 g/mol. The standard InChI is InChI=1S/C26H21F5N2O3/c1-4-14-7-5-8-18(26(29,30)31)17(14)13-33-21-10-6-9-19(27)23(21)24(32)15-12-22(35-2)16(11-20(15)28)25(34)36-3/h4-12,32-33H,1,13H2,2-3H3. The van der Waals surface area contributed by atoms with Gasteiger partial charge in [0.2, 0.25) is 0 Å². The summed E-state index contributed by atoms with van der Waals surface area (Å²) in [6, 6.07) is 9.17. The number of anilines is 1. The molecule has 0 atom stereocenters. The molecule has 0 spiro atoms. The number of hydrogen-bond donors (Lipinski definition) is 2. The van der Waals surface area contributed by atoms with E-state index in [4.69, 9.17) is 10.1 Å². The highest BCUT2D eigenvalue weighted by Gasteiger charge is 2.34. The van der Waals surface area contributed by atoms with Gasteiger partial charge in [0, 0.05) is 17.8 Å². The summed E-state index contributed by atoms with van der Waals surface area (Å²) < 4.78 is 80.2. The van der Waals surface area contributed by atoms with E-state index < -0.39 is 40.6 Å².